The molecule has 8 nitrogen and oxygen atoms in total. The predicted octanol–water partition coefficient (Wildman–Crippen LogP) is 1.85. The fourth-order valence-electron chi connectivity index (χ4n) is 3.04. The van der Waals surface area contributed by atoms with Gasteiger partial charge in [-0.15, -0.1) is 10.2 Å². The average molecular weight is 403 g/mol. The average Bonchev–Trinajstić information content (AvgIpc) is 3.11. The SMILES string of the molecule is CC(C)C(=O)N1CCN(c2ccc(NC(=O)CSc3nncn3C)cc2)CC1. The van der Waals surface area contributed by atoms with Crippen LogP contribution in [0.1, 0.15) is 13.8 Å². The van der Waals surface area contributed by atoms with E-state index in [2.05, 4.69) is 20.4 Å². The smallest absolute Gasteiger partial charge is 0.234 e. The van der Waals surface area contributed by atoms with E-state index in [1.165, 1.54) is 11.8 Å². The molecule has 1 aromatic heterocycles. The van der Waals surface area contributed by atoms with Crippen molar-refractivity contribution in [3.8, 4) is 0 Å². The lowest BCUT2D eigenvalue weighted by molar-refractivity contribution is -0.134. The van der Waals surface area contributed by atoms with Crippen molar-refractivity contribution in [2.24, 2.45) is 13.0 Å². The van der Waals surface area contributed by atoms with Crippen LogP contribution in [0, 0.1) is 5.92 Å². The molecule has 9 heteroatoms. The molecule has 2 amide bonds. The summed E-state index contributed by atoms with van der Waals surface area (Å²) >= 11 is 1.35. The minimum absolute atomic E-state index is 0.0428. The van der Waals surface area contributed by atoms with E-state index in [1.807, 2.05) is 50.1 Å². The normalized spacial score (nSPS) is 14.4. The zero-order valence-electron chi connectivity index (χ0n) is 16.5. The number of benzene rings is 1. The Morgan fingerprint density at radius 3 is 2.39 bits per heavy atom. The maximum Gasteiger partial charge on any atom is 0.234 e. The first-order valence-electron chi connectivity index (χ1n) is 9.34. The van der Waals surface area contributed by atoms with Crippen molar-refractivity contribution in [3.05, 3.63) is 30.6 Å². The summed E-state index contributed by atoms with van der Waals surface area (Å²) in [6.07, 6.45) is 1.61. The highest BCUT2D eigenvalue weighted by Crippen LogP contribution is 2.21. The van der Waals surface area contributed by atoms with Gasteiger partial charge in [0.15, 0.2) is 5.16 Å². The third kappa shape index (κ3) is 5.03. The van der Waals surface area contributed by atoms with Crippen molar-refractivity contribution < 1.29 is 9.59 Å². The lowest BCUT2D eigenvalue weighted by Crippen LogP contribution is -2.49. The van der Waals surface area contributed by atoms with E-state index in [1.54, 1.807) is 10.9 Å². The molecule has 2 aromatic rings. The van der Waals surface area contributed by atoms with Crippen LogP contribution >= 0.6 is 11.8 Å². The molecule has 1 aromatic carbocycles. The van der Waals surface area contributed by atoms with Gasteiger partial charge < -0.3 is 19.7 Å². The topological polar surface area (TPSA) is 83.4 Å². The third-order valence-electron chi connectivity index (χ3n) is 4.60. The van der Waals surface area contributed by atoms with Gasteiger partial charge in [-0.1, -0.05) is 25.6 Å². The lowest BCUT2D eigenvalue weighted by Gasteiger charge is -2.37. The second-order valence-electron chi connectivity index (χ2n) is 7.08. The van der Waals surface area contributed by atoms with Crippen LogP contribution in [0.15, 0.2) is 35.7 Å². The number of anilines is 2. The van der Waals surface area contributed by atoms with Gasteiger partial charge in [-0.3, -0.25) is 9.59 Å². The molecule has 0 bridgehead atoms. The van der Waals surface area contributed by atoms with E-state index in [0.717, 1.165) is 37.6 Å². The van der Waals surface area contributed by atoms with Gasteiger partial charge in [-0.05, 0) is 24.3 Å². The molecule has 0 spiro atoms. The minimum atomic E-state index is -0.0819. The summed E-state index contributed by atoms with van der Waals surface area (Å²) in [6, 6.07) is 7.83. The molecule has 150 valence electrons. The van der Waals surface area contributed by atoms with Gasteiger partial charge in [0, 0.05) is 50.5 Å². The van der Waals surface area contributed by atoms with Crippen LogP contribution in [-0.4, -0.2) is 63.4 Å². The number of nitrogens with zero attached hydrogens (tertiary/aromatic N) is 5. The van der Waals surface area contributed by atoms with Crippen LogP contribution in [-0.2, 0) is 16.6 Å². The Morgan fingerprint density at radius 2 is 1.82 bits per heavy atom. The number of aromatic nitrogens is 3. The van der Waals surface area contributed by atoms with E-state index in [4.69, 9.17) is 0 Å². The molecule has 0 radical (unpaired) electrons. The molecule has 1 fully saturated rings. The van der Waals surface area contributed by atoms with Gasteiger partial charge in [-0.25, -0.2) is 0 Å². The summed E-state index contributed by atoms with van der Waals surface area (Å²) in [5.41, 5.74) is 1.86. The molecular weight excluding hydrogens is 376 g/mol. The molecule has 0 aliphatic carbocycles. The number of aryl methyl sites for hydroxylation is 1. The first-order chi connectivity index (χ1) is 13.4. The number of carbonyl (C=O) groups excluding carboxylic acids is 2. The van der Waals surface area contributed by atoms with Crippen LogP contribution in [0.4, 0.5) is 11.4 Å². The molecule has 0 unspecified atom stereocenters. The number of nitrogens with one attached hydrogen (secondary N) is 1. The van der Waals surface area contributed by atoms with E-state index in [9.17, 15) is 9.59 Å². The van der Waals surface area contributed by atoms with Crippen LogP contribution < -0.4 is 10.2 Å². The second kappa shape index (κ2) is 9.09. The number of piperazine rings is 1. The van der Waals surface area contributed by atoms with Gasteiger partial charge >= 0.3 is 0 Å². The van der Waals surface area contributed by atoms with Crippen molar-refractivity contribution in [2.75, 3.05) is 42.1 Å². The number of thioether (sulfide) groups is 1. The van der Waals surface area contributed by atoms with Crippen LogP contribution in [0.3, 0.4) is 0 Å². The highest BCUT2D eigenvalue weighted by Gasteiger charge is 2.22. The minimum Gasteiger partial charge on any atom is -0.368 e. The van der Waals surface area contributed by atoms with Gasteiger partial charge in [0.25, 0.3) is 0 Å². The Balaban J connectivity index is 1.48. The van der Waals surface area contributed by atoms with Crippen molar-refractivity contribution in [1.29, 1.82) is 0 Å². The zero-order valence-corrected chi connectivity index (χ0v) is 17.3. The van der Waals surface area contributed by atoms with E-state index < -0.39 is 0 Å². The Bertz CT molecular complexity index is 812. The molecule has 0 atom stereocenters. The summed E-state index contributed by atoms with van der Waals surface area (Å²) in [5.74, 6) is 0.458. The van der Waals surface area contributed by atoms with Gasteiger partial charge in [-0.2, -0.15) is 0 Å². The summed E-state index contributed by atoms with van der Waals surface area (Å²) in [4.78, 5) is 28.4. The molecule has 1 N–H and O–H groups in total. The van der Waals surface area contributed by atoms with Crippen molar-refractivity contribution in [3.63, 3.8) is 0 Å². The van der Waals surface area contributed by atoms with Crippen molar-refractivity contribution in [1.82, 2.24) is 19.7 Å². The number of carbonyl (C=O) groups is 2. The summed E-state index contributed by atoms with van der Waals surface area (Å²) < 4.78 is 1.78. The molecular formula is C19H26N6O2S. The number of rotatable bonds is 6. The fraction of sp³-hybridized carbons (Fsp3) is 0.474. The quantitative estimate of drug-likeness (QED) is 0.743. The zero-order chi connectivity index (χ0) is 20.1. The fourth-order valence-corrected chi connectivity index (χ4v) is 3.72. The molecule has 3 rings (SSSR count). The third-order valence-corrected chi connectivity index (χ3v) is 5.64. The van der Waals surface area contributed by atoms with E-state index in [-0.39, 0.29) is 23.5 Å². The molecule has 1 aliphatic heterocycles. The van der Waals surface area contributed by atoms with Crippen LogP contribution in [0.2, 0.25) is 0 Å². The second-order valence-corrected chi connectivity index (χ2v) is 8.02. The molecule has 0 saturated carbocycles. The highest BCUT2D eigenvalue weighted by atomic mass is 32.2. The van der Waals surface area contributed by atoms with Crippen molar-refractivity contribution in [2.45, 2.75) is 19.0 Å². The first-order valence-corrected chi connectivity index (χ1v) is 10.3. The van der Waals surface area contributed by atoms with Gasteiger partial charge in [0.2, 0.25) is 11.8 Å². The predicted molar refractivity (Wildman–Crippen MR) is 110 cm³/mol. The molecule has 2 heterocycles. The Hall–Kier alpha value is -2.55. The number of hydrogen-bond donors (Lipinski definition) is 1. The van der Waals surface area contributed by atoms with Crippen LogP contribution in [0.25, 0.3) is 0 Å². The Morgan fingerprint density at radius 1 is 1.14 bits per heavy atom. The Labute approximate surface area is 169 Å². The van der Waals surface area contributed by atoms with E-state index in [0.29, 0.717) is 5.16 Å². The monoisotopic (exact) mass is 402 g/mol. The first kappa shape index (κ1) is 20.2. The molecule has 1 saturated heterocycles. The lowest BCUT2D eigenvalue weighted by atomic mass is 10.1. The maximum atomic E-state index is 12.1. The van der Waals surface area contributed by atoms with Crippen LogP contribution in [0.5, 0.6) is 0 Å². The standard InChI is InChI=1S/C19H26N6O2S/c1-14(2)18(27)25-10-8-24(9-11-25)16-6-4-15(5-7-16)21-17(26)12-28-19-22-20-13-23(19)3/h4-7,13-14H,8-12H2,1-3H3,(H,21,26). The maximum absolute atomic E-state index is 12.1. The summed E-state index contributed by atoms with van der Waals surface area (Å²) in [6.45, 7) is 7.00. The molecule has 28 heavy (non-hydrogen) atoms. The van der Waals surface area contributed by atoms with Gasteiger partial charge in [0.05, 0.1) is 5.75 Å². The highest BCUT2D eigenvalue weighted by molar-refractivity contribution is 7.99. The van der Waals surface area contributed by atoms with Crippen molar-refractivity contribution >= 4 is 35.0 Å². The largest absolute Gasteiger partial charge is 0.368 e. The molecule has 1 aliphatic rings. The summed E-state index contributed by atoms with van der Waals surface area (Å²) in [7, 11) is 1.84. The van der Waals surface area contributed by atoms with E-state index >= 15 is 0 Å². The number of amides is 2. The Kier molecular flexibility index (Phi) is 6.56. The number of hydrogen-bond acceptors (Lipinski definition) is 6. The summed E-state index contributed by atoms with van der Waals surface area (Å²) in [5, 5.41) is 11.4. The van der Waals surface area contributed by atoms with Gasteiger partial charge in [0.1, 0.15) is 6.33 Å².